The normalized spacial score (nSPS) is 18.4. The van der Waals surface area contributed by atoms with Gasteiger partial charge in [-0.1, -0.05) is 53.5 Å². The zero-order valence-electron chi connectivity index (χ0n) is 24.9. The molecule has 2 saturated carbocycles. The average molecular weight is 636 g/mol. The van der Waals surface area contributed by atoms with Crippen molar-refractivity contribution in [3.8, 4) is 5.75 Å². The fraction of sp³-hybridized carbons (Fsp3) is 0.429. The molecule has 2 amide bonds. The summed E-state index contributed by atoms with van der Waals surface area (Å²) in [4.78, 5) is 31.0. The largest absolute Gasteiger partial charge is 0.494 e. The zero-order valence-corrected chi connectivity index (χ0v) is 26.5. The number of aryl methyl sites for hydroxylation is 1. The molecule has 0 bridgehead atoms. The number of ether oxygens (including phenoxy) is 1. The van der Waals surface area contributed by atoms with Crippen LogP contribution in [0.1, 0.15) is 48.8 Å². The van der Waals surface area contributed by atoms with E-state index in [9.17, 15) is 9.59 Å². The summed E-state index contributed by atoms with van der Waals surface area (Å²) in [6.45, 7) is 2.59. The van der Waals surface area contributed by atoms with Crippen molar-refractivity contribution in [2.45, 2.75) is 69.6 Å². The lowest BCUT2D eigenvalue weighted by atomic mass is 10.0. The van der Waals surface area contributed by atoms with E-state index < -0.39 is 6.04 Å². The summed E-state index contributed by atoms with van der Waals surface area (Å²) >= 11 is 12.7. The molecule has 0 aromatic heterocycles. The number of carbonyl (C=O) groups is 2. The predicted molar refractivity (Wildman–Crippen MR) is 176 cm³/mol. The summed E-state index contributed by atoms with van der Waals surface area (Å²) in [7, 11) is 0. The minimum Gasteiger partial charge on any atom is -0.494 e. The van der Waals surface area contributed by atoms with Crippen LogP contribution in [-0.4, -0.2) is 61.1 Å². The molecule has 6 rings (SSSR count). The molecule has 7 nitrogen and oxygen atoms in total. The Morgan fingerprint density at radius 3 is 2.52 bits per heavy atom. The number of piperazine rings is 1. The van der Waals surface area contributed by atoms with Gasteiger partial charge in [0.05, 0.1) is 13.2 Å². The summed E-state index contributed by atoms with van der Waals surface area (Å²) in [6, 6.07) is 21.8. The highest BCUT2D eigenvalue weighted by Crippen LogP contribution is 2.32. The minimum absolute atomic E-state index is 0.0350. The van der Waals surface area contributed by atoms with Gasteiger partial charge in [-0.3, -0.25) is 14.5 Å². The van der Waals surface area contributed by atoms with Crippen LogP contribution in [0.2, 0.25) is 10.0 Å². The van der Waals surface area contributed by atoms with E-state index in [0.29, 0.717) is 35.8 Å². The second-order valence-corrected chi connectivity index (χ2v) is 12.9. The fourth-order valence-corrected chi connectivity index (χ4v) is 6.15. The van der Waals surface area contributed by atoms with E-state index in [1.54, 1.807) is 4.90 Å². The molecule has 232 valence electrons. The molecule has 2 aliphatic carbocycles. The van der Waals surface area contributed by atoms with Crippen LogP contribution in [0.4, 0.5) is 5.69 Å². The Balaban J connectivity index is 1.10. The van der Waals surface area contributed by atoms with Crippen LogP contribution in [0.3, 0.4) is 0 Å². The zero-order chi connectivity index (χ0) is 30.5. The first kappa shape index (κ1) is 30.9. The molecule has 0 radical (unpaired) electrons. The third kappa shape index (κ3) is 8.13. The molecule has 1 heterocycles. The van der Waals surface area contributed by atoms with Crippen LogP contribution in [-0.2, 0) is 29.0 Å². The molecule has 3 aromatic carbocycles. The van der Waals surface area contributed by atoms with E-state index in [1.165, 1.54) is 18.4 Å². The van der Waals surface area contributed by atoms with Crippen molar-refractivity contribution in [2.75, 3.05) is 31.1 Å². The highest BCUT2D eigenvalue weighted by molar-refractivity contribution is 6.31. The monoisotopic (exact) mass is 634 g/mol. The van der Waals surface area contributed by atoms with Crippen molar-refractivity contribution in [1.29, 1.82) is 0 Å². The SMILES string of the molecule is O=C([C@H]1CNCC(=O)N1c1ccc(CCCOc2cccc(Cl)c2)cc1)N(Cc1cc(CCNC2CC2)ccc1Cl)C1CC1. The summed E-state index contributed by atoms with van der Waals surface area (Å²) in [5.41, 5.74) is 4.07. The maximum absolute atomic E-state index is 14.2. The number of anilines is 1. The van der Waals surface area contributed by atoms with Gasteiger partial charge in [0, 0.05) is 40.9 Å². The van der Waals surface area contributed by atoms with Gasteiger partial charge in [0.25, 0.3) is 0 Å². The van der Waals surface area contributed by atoms with Crippen molar-refractivity contribution in [3.05, 3.63) is 93.5 Å². The Bertz CT molecular complexity index is 1460. The molecule has 0 spiro atoms. The van der Waals surface area contributed by atoms with Crippen molar-refractivity contribution in [1.82, 2.24) is 15.5 Å². The molecule has 3 aromatic rings. The third-order valence-corrected chi connectivity index (χ3v) is 9.12. The Hall–Kier alpha value is -3.10. The smallest absolute Gasteiger partial charge is 0.247 e. The molecule has 3 aliphatic rings. The van der Waals surface area contributed by atoms with Crippen molar-refractivity contribution >= 4 is 40.7 Å². The Labute approximate surface area is 269 Å². The molecule has 0 unspecified atom stereocenters. The van der Waals surface area contributed by atoms with Crippen molar-refractivity contribution in [2.24, 2.45) is 0 Å². The van der Waals surface area contributed by atoms with Crippen LogP contribution in [0.25, 0.3) is 0 Å². The summed E-state index contributed by atoms with van der Waals surface area (Å²) < 4.78 is 5.82. The van der Waals surface area contributed by atoms with E-state index in [-0.39, 0.29) is 24.4 Å². The number of nitrogens with one attached hydrogen (secondary N) is 2. The molecule has 9 heteroatoms. The minimum atomic E-state index is -0.613. The summed E-state index contributed by atoms with van der Waals surface area (Å²) in [5, 5.41) is 8.06. The Kier molecular flexibility index (Phi) is 10.1. The molecular formula is C35H40Cl2N4O3. The first-order valence-corrected chi connectivity index (χ1v) is 16.5. The third-order valence-electron chi connectivity index (χ3n) is 8.51. The molecule has 1 saturated heterocycles. The van der Waals surface area contributed by atoms with Crippen LogP contribution in [0, 0.1) is 0 Å². The van der Waals surface area contributed by atoms with Crippen LogP contribution in [0.5, 0.6) is 5.75 Å². The van der Waals surface area contributed by atoms with Gasteiger partial charge in [-0.05, 0) is 105 Å². The lowest BCUT2D eigenvalue weighted by Gasteiger charge is -2.38. The molecule has 3 fully saturated rings. The highest BCUT2D eigenvalue weighted by Gasteiger charge is 2.41. The maximum Gasteiger partial charge on any atom is 0.247 e. The molecule has 1 aliphatic heterocycles. The lowest BCUT2D eigenvalue weighted by molar-refractivity contribution is -0.136. The number of nitrogens with zero attached hydrogens (tertiary/aromatic N) is 2. The van der Waals surface area contributed by atoms with Gasteiger partial charge < -0.3 is 20.3 Å². The predicted octanol–water partition coefficient (Wildman–Crippen LogP) is 5.80. The van der Waals surface area contributed by atoms with Gasteiger partial charge in [0.2, 0.25) is 11.8 Å². The second kappa shape index (κ2) is 14.3. The second-order valence-electron chi connectivity index (χ2n) is 12.1. The van der Waals surface area contributed by atoms with Crippen molar-refractivity contribution < 1.29 is 14.3 Å². The van der Waals surface area contributed by atoms with Gasteiger partial charge in [-0.2, -0.15) is 0 Å². The highest BCUT2D eigenvalue weighted by atomic mass is 35.5. The van der Waals surface area contributed by atoms with E-state index in [0.717, 1.165) is 61.2 Å². The van der Waals surface area contributed by atoms with Crippen LogP contribution >= 0.6 is 23.2 Å². The number of hydrogen-bond acceptors (Lipinski definition) is 5. The first-order valence-electron chi connectivity index (χ1n) is 15.8. The number of carbonyl (C=O) groups excluding carboxylic acids is 2. The molecule has 2 N–H and O–H groups in total. The summed E-state index contributed by atoms with van der Waals surface area (Å²) in [6.07, 6.45) is 7.09. The standard InChI is InChI=1S/C35H40Cl2N4O3/c36-27-4-1-5-31(20-27)44-18-2-3-24-6-11-30(12-7-24)41-33(21-38-22-34(41)42)35(43)40(29-13-14-29)23-26-19-25(8-15-32(26)37)16-17-39-28-9-10-28/h1,4-8,11-12,15,19-20,28-29,33,38-39H,2-3,9-10,13-14,16-18,21-23H2/t33-/m1/s1. The fourth-order valence-electron chi connectivity index (χ4n) is 5.80. The summed E-state index contributed by atoms with van der Waals surface area (Å²) in [5.74, 6) is 0.625. The van der Waals surface area contributed by atoms with Gasteiger partial charge in [0.15, 0.2) is 0 Å². The van der Waals surface area contributed by atoms with Gasteiger partial charge >= 0.3 is 0 Å². The van der Waals surface area contributed by atoms with Crippen molar-refractivity contribution in [3.63, 3.8) is 0 Å². The Morgan fingerprint density at radius 1 is 0.977 bits per heavy atom. The number of hydrogen-bond donors (Lipinski definition) is 2. The van der Waals surface area contributed by atoms with Gasteiger partial charge in [0.1, 0.15) is 11.8 Å². The van der Waals surface area contributed by atoms with Gasteiger partial charge in [-0.15, -0.1) is 0 Å². The maximum atomic E-state index is 14.2. The topological polar surface area (TPSA) is 73.9 Å². The first-order chi connectivity index (χ1) is 21.4. The number of halogens is 2. The number of amides is 2. The molecular weight excluding hydrogens is 595 g/mol. The number of benzene rings is 3. The Morgan fingerprint density at radius 2 is 1.77 bits per heavy atom. The van der Waals surface area contributed by atoms with E-state index >= 15 is 0 Å². The lowest BCUT2D eigenvalue weighted by Crippen LogP contribution is -2.61. The van der Waals surface area contributed by atoms with E-state index in [1.807, 2.05) is 59.5 Å². The molecule has 1 atom stereocenters. The van der Waals surface area contributed by atoms with Crippen LogP contribution in [0.15, 0.2) is 66.7 Å². The van der Waals surface area contributed by atoms with E-state index in [4.69, 9.17) is 27.9 Å². The number of rotatable bonds is 14. The molecule has 44 heavy (non-hydrogen) atoms. The van der Waals surface area contributed by atoms with Crippen LogP contribution < -0.4 is 20.3 Å². The van der Waals surface area contributed by atoms with Gasteiger partial charge in [-0.25, -0.2) is 0 Å². The average Bonchev–Trinajstić information content (AvgIpc) is 3.95. The quantitative estimate of drug-likeness (QED) is 0.219. The van der Waals surface area contributed by atoms with E-state index in [2.05, 4.69) is 22.8 Å².